The number of carbonyl (C=O) groups excluding carboxylic acids is 1. The van der Waals surface area contributed by atoms with Crippen LogP contribution in [0.1, 0.15) is 13.0 Å². The Labute approximate surface area is 69.6 Å². The van der Waals surface area contributed by atoms with Crippen LogP contribution in [0.5, 0.6) is 0 Å². The second-order valence-electron chi connectivity index (χ2n) is 2.52. The van der Waals surface area contributed by atoms with Crippen LogP contribution in [-0.4, -0.2) is 10.5 Å². The summed E-state index contributed by atoms with van der Waals surface area (Å²) in [5, 5.41) is 0. The Morgan fingerprint density at radius 3 is 2.75 bits per heavy atom. The minimum atomic E-state index is -0.585. The van der Waals surface area contributed by atoms with Gasteiger partial charge in [-0.3, -0.25) is 9.59 Å². The van der Waals surface area contributed by atoms with Crippen molar-refractivity contribution in [3.8, 4) is 0 Å². The van der Waals surface area contributed by atoms with E-state index in [9.17, 15) is 9.59 Å². The summed E-state index contributed by atoms with van der Waals surface area (Å²) in [7, 11) is 0. The van der Waals surface area contributed by atoms with Gasteiger partial charge in [0.15, 0.2) is 0 Å². The molecule has 1 rings (SSSR count). The van der Waals surface area contributed by atoms with Gasteiger partial charge in [-0.05, 0) is 13.0 Å². The molecule has 0 aliphatic carbocycles. The van der Waals surface area contributed by atoms with Crippen LogP contribution in [0.25, 0.3) is 0 Å². The number of carbonyl (C=O) groups is 1. The number of nitrogens with zero attached hydrogens (tertiary/aromatic N) is 1. The molecule has 1 aromatic rings. The molecule has 64 valence electrons. The van der Waals surface area contributed by atoms with E-state index >= 15 is 0 Å². The molecular weight excluding hydrogens is 156 g/mol. The lowest BCUT2D eigenvalue weighted by Crippen LogP contribution is -2.30. The third-order valence-electron chi connectivity index (χ3n) is 1.68. The molecule has 0 aromatic carbocycles. The summed E-state index contributed by atoms with van der Waals surface area (Å²) in [6, 6.07) is 4.10. The molecule has 0 radical (unpaired) electrons. The molecule has 1 amide bonds. The Kier molecular flexibility index (Phi) is 2.28. The summed E-state index contributed by atoms with van der Waals surface area (Å²) in [5.41, 5.74) is 4.82. The van der Waals surface area contributed by atoms with Gasteiger partial charge in [0.2, 0.25) is 5.91 Å². The van der Waals surface area contributed by atoms with Crippen LogP contribution in [0.3, 0.4) is 0 Å². The molecule has 1 aromatic heterocycles. The molecule has 0 spiro atoms. The van der Waals surface area contributed by atoms with Crippen molar-refractivity contribution in [3.63, 3.8) is 0 Å². The van der Waals surface area contributed by atoms with Crippen molar-refractivity contribution in [2.24, 2.45) is 5.73 Å². The smallest absolute Gasteiger partial charge is 0.251 e. The lowest BCUT2D eigenvalue weighted by atomic mass is 10.3. The summed E-state index contributed by atoms with van der Waals surface area (Å²) in [6.07, 6.45) is 1.54. The quantitative estimate of drug-likeness (QED) is 0.666. The highest BCUT2D eigenvalue weighted by atomic mass is 16.2. The van der Waals surface area contributed by atoms with E-state index < -0.39 is 11.9 Å². The minimum absolute atomic E-state index is 0.219. The molecule has 0 aliphatic rings. The van der Waals surface area contributed by atoms with Gasteiger partial charge in [0.05, 0.1) is 0 Å². The van der Waals surface area contributed by atoms with Gasteiger partial charge in [0.1, 0.15) is 6.04 Å². The number of primary amides is 1. The second kappa shape index (κ2) is 3.21. The normalized spacial score (nSPS) is 12.4. The Bertz CT molecular complexity index is 343. The SMILES string of the molecule is CC(C(N)=O)n1ccccc1=O. The first-order valence-electron chi connectivity index (χ1n) is 3.59. The number of rotatable bonds is 2. The fourth-order valence-electron chi connectivity index (χ4n) is 0.897. The number of nitrogens with two attached hydrogens (primary N) is 1. The number of amides is 1. The molecule has 4 nitrogen and oxygen atoms in total. The number of aromatic nitrogens is 1. The number of hydrogen-bond donors (Lipinski definition) is 1. The summed E-state index contributed by atoms with van der Waals surface area (Å²) >= 11 is 0. The fraction of sp³-hybridized carbons (Fsp3) is 0.250. The highest BCUT2D eigenvalue weighted by molar-refractivity contribution is 5.77. The van der Waals surface area contributed by atoms with Gasteiger partial charge in [-0.15, -0.1) is 0 Å². The first-order valence-corrected chi connectivity index (χ1v) is 3.59. The van der Waals surface area contributed by atoms with Gasteiger partial charge in [-0.2, -0.15) is 0 Å². The van der Waals surface area contributed by atoms with Gasteiger partial charge in [-0.25, -0.2) is 0 Å². The molecule has 0 saturated carbocycles. The molecule has 1 unspecified atom stereocenters. The van der Waals surface area contributed by atoms with E-state index in [-0.39, 0.29) is 5.56 Å². The van der Waals surface area contributed by atoms with Crippen molar-refractivity contribution in [3.05, 3.63) is 34.7 Å². The zero-order valence-corrected chi connectivity index (χ0v) is 6.73. The standard InChI is InChI=1S/C8H10N2O2/c1-6(8(9)12)10-5-3-2-4-7(10)11/h2-6H,1H3,(H2,9,12). The predicted octanol–water partition coefficient (Wildman–Crippen LogP) is -0.105. The highest BCUT2D eigenvalue weighted by Gasteiger charge is 2.10. The van der Waals surface area contributed by atoms with Crippen molar-refractivity contribution >= 4 is 5.91 Å². The van der Waals surface area contributed by atoms with E-state index in [2.05, 4.69) is 0 Å². The van der Waals surface area contributed by atoms with Gasteiger partial charge in [-0.1, -0.05) is 6.07 Å². The minimum Gasteiger partial charge on any atom is -0.368 e. The molecule has 0 aliphatic heterocycles. The Hall–Kier alpha value is -1.58. The van der Waals surface area contributed by atoms with Gasteiger partial charge in [0, 0.05) is 12.3 Å². The number of pyridine rings is 1. The summed E-state index contributed by atoms with van der Waals surface area (Å²) in [4.78, 5) is 21.8. The molecule has 2 N–H and O–H groups in total. The lowest BCUT2D eigenvalue weighted by molar-refractivity contribution is -0.120. The van der Waals surface area contributed by atoms with E-state index in [4.69, 9.17) is 5.73 Å². The summed E-state index contributed by atoms with van der Waals surface area (Å²) in [6.45, 7) is 1.59. The second-order valence-corrected chi connectivity index (χ2v) is 2.52. The maximum Gasteiger partial charge on any atom is 0.251 e. The molecule has 0 bridgehead atoms. The molecule has 1 atom stereocenters. The van der Waals surface area contributed by atoms with Crippen LogP contribution in [0.2, 0.25) is 0 Å². The fourth-order valence-corrected chi connectivity index (χ4v) is 0.897. The van der Waals surface area contributed by atoms with Crippen molar-refractivity contribution in [1.29, 1.82) is 0 Å². The number of hydrogen-bond acceptors (Lipinski definition) is 2. The average Bonchev–Trinajstić information content (AvgIpc) is 2.04. The van der Waals surface area contributed by atoms with Crippen LogP contribution >= 0.6 is 0 Å². The third-order valence-corrected chi connectivity index (χ3v) is 1.68. The van der Waals surface area contributed by atoms with Gasteiger partial charge < -0.3 is 10.3 Å². The Morgan fingerprint density at radius 1 is 1.58 bits per heavy atom. The van der Waals surface area contributed by atoms with Crippen molar-refractivity contribution in [1.82, 2.24) is 4.57 Å². The van der Waals surface area contributed by atoms with Crippen LogP contribution in [0.4, 0.5) is 0 Å². The first-order chi connectivity index (χ1) is 5.63. The van der Waals surface area contributed by atoms with Crippen LogP contribution in [0, 0.1) is 0 Å². The predicted molar refractivity (Wildman–Crippen MR) is 44.6 cm³/mol. The largest absolute Gasteiger partial charge is 0.368 e. The van der Waals surface area contributed by atoms with Crippen LogP contribution < -0.4 is 11.3 Å². The molecule has 4 heteroatoms. The van der Waals surface area contributed by atoms with E-state index in [0.717, 1.165) is 0 Å². The third kappa shape index (κ3) is 1.53. The zero-order valence-electron chi connectivity index (χ0n) is 6.73. The van der Waals surface area contributed by atoms with E-state index in [1.807, 2.05) is 0 Å². The monoisotopic (exact) mass is 166 g/mol. The average molecular weight is 166 g/mol. The van der Waals surface area contributed by atoms with Crippen molar-refractivity contribution < 1.29 is 4.79 Å². The molecule has 12 heavy (non-hydrogen) atoms. The highest BCUT2D eigenvalue weighted by Crippen LogP contribution is 1.98. The van der Waals surface area contributed by atoms with E-state index in [1.54, 1.807) is 19.1 Å². The first kappa shape index (κ1) is 8.52. The summed E-state index contributed by atoms with van der Waals surface area (Å²) < 4.78 is 1.29. The maximum absolute atomic E-state index is 11.1. The van der Waals surface area contributed by atoms with Crippen molar-refractivity contribution in [2.45, 2.75) is 13.0 Å². The van der Waals surface area contributed by atoms with Crippen LogP contribution in [-0.2, 0) is 4.79 Å². The lowest BCUT2D eigenvalue weighted by Gasteiger charge is -2.09. The molecular formula is C8H10N2O2. The Balaban J connectivity index is 3.11. The van der Waals surface area contributed by atoms with Crippen LogP contribution in [0.15, 0.2) is 29.2 Å². The topological polar surface area (TPSA) is 65.1 Å². The molecule has 0 fully saturated rings. The van der Waals surface area contributed by atoms with Gasteiger partial charge >= 0.3 is 0 Å². The van der Waals surface area contributed by atoms with E-state index in [0.29, 0.717) is 0 Å². The van der Waals surface area contributed by atoms with Crippen molar-refractivity contribution in [2.75, 3.05) is 0 Å². The maximum atomic E-state index is 11.1. The zero-order chi connectivity index (χ0) is 9.14. The molecule has 0 saturated heterocycles. The Morgan fingerprint density at radius 2 is 2.25 bits per heavy atom. The van der Waals surface area contributed by atoms with Gasteiger partial charge in [0.25, 0.3) is 5.56 Å². The molecule has 1 heterocycles. The summed E-state index contributed by atoms with van der Waals surface area (Å²) in [5.74, 6) is -0.511. The van der Waals surface area contributed by atoms with E-state index in [1.165, 1.54) is 16.8 Å².